The van der Waals surface area contributed by atoms with Crippen molar-refractivity contribution in [1.29, 1.82) is 0 Å². The second kappa shape index (κ2) is 13.8. The molecule has 0 aliphatic heterocycles. The van der Waals surface area contributed by atoms with Crippen molar-refractivity contribution in [1.82, 2.24) is 0 Å². The van der Waals surface area contributed by atoms with Gasteiger partial charge in [-0.25, -0.2) is 0 Å². The van der Waals surface area contributed by atoms with Gasteiger partial charge < -0.3 is 10.2 Å². The summed E-state index contributed by atoms with van der Waals surface area (Å²) in [4.78, 5) is 24.3. The van der Waals surface area contributed by atoms with Gasteiger partial charge in [-0.15, -0.1) is 0 Å². The first kappa shape index (κ1) is 25.7. The number of hydrogen-bond donors (Lipinski definition) is 2. The van der Waals surface area contributed by atoms with Crippen molar-refractivity contribution >= 4 is 11.9 Å². The van der Waals surface area contributed by atoms with Crippen LogP contribution in [0, 0.1) is 10.8 Å². The van der Waals surface area contributed by atoms with Gasteiger partial charge >= 0.3 is 11.9 Å². The lowest BCUT2D eigenvalue weighted by Crippen LogP contribution is -2.53. The molecule has 0 spiro atoms. The fourth-order valence-electron chi connectivity index (χ4n) is 5.07. The Labute approximate surface area is 178 Å². The SMILES string of the molecule is CCCCCCCCCCCCCCCC1(C(=O)O)CC=CCC1(CC)C(=O)O. The molecule has 0 bridgehead atoms. The molecule has 0 radical (unpaired) electrons. The minimum atomic E-state index is -1.18. The van der Waals surface area contributed by atoms with Gasteiger partial charge in [-0.2, -0.15) is 0 Å². The predicted octanol–water partition coefficient (Wildman–Crippen LogP) is 7.37. The maximum atomic E-state index is 12.2. The zero-order valence-electron chi connectivity index (χ0n) is 18.9. The highest BCUT2D eigenvalue weighted by molar-refractivity contribution is 5.87. The van der Waals surface area contributed by atoms with Crippen LogP contribution in [0.25, 0.3) is 0 Å². The Hall–Kier alpha value is -1.32. The minimum absolute atomic E-state index is 0.323. The molecular weight excluding hydrogens is 364 g/mol. The Balaban J connectivity index is 2.30. The molecule has 1 aliphatic rings. The lowest BCUT2D eigenvalue weighted by Gasteiger charge is -2.46. The molecule has 4 heteroatoms. The molecule has 0 aromatic carbocycles. The van der Waals surface area contributed by atoms with Crippen molar-refractivity contribution in [2.24, 2.45) is 10.8 Å². The Bertz CT molecular complexity index is 513. The van der Waals surface area contributed by atoms with E-state index < -0.39 is 22.8 Å². The first-order valence-corrected chi connectivity index (χ1v) is 12.1. The van der Waals surface area contributed by atoms with Gasteiger partial charge in [0.05, 0.1) is 10.8 Å². The van der Waals surface area contributed by atoms with E-state index in [1.165, 1.54) is 64.2 Å². The van der Waals surface area contributed by atoms with Crippen LogP contribution in [-0.4, -0.2) is 22.2 Å². The van der Waals surface area contributed by atoms with Crippen LogP contribution in [-0.2, 0) is 9.59 Å². The van der Waals surface area contributed by atoms with Crippen LogP contribution in [0.15, 0.2) is 12.2 Å². The quantitative estimate of drug-likeness (QED) is 0.195. The largest absolute Gasteiger partial charge is 0.481 e. The minimum Gasteiger partial charge on any atom is -0.481 e. The van der Waals surface area contributed by atoms with Crippen LogP contribution in [0.1, 0.15) is 123 Å². The van der Waals surface area contributed by atoms with Crippen LogP contribution in [0.4, 0.5) is 0 Å². The molecule has 0 amide bonds. The summed E-state index contributed by atoms with van der Waals surface area (Å²) in [6, 6.07) is 0. The maximum absolute atomic E-state index is 12.2. The van der Waals surface area contributed by atoms with Crippen LogP contribution in [0.3, 0.4) is 0 Å². The summed E-state index contributed by atoms with van der Waals surface area (Å²) in [5, 5.41) is 19.9. The summed E-state index contributed by atoms with van der Waals surface area (Å²) in [5.41, 5.74) is -2.34. The third kappa shape index (κ3) is 7.15. The number of rotatable bonds is 17. The molecule has 168 valence electrons. The topological polar surface area (TPSA) is 74.6 Å². The van der Waals surface area contributed by atoms with Gasteiger partial charge in [0, 0.05) is 0 Å². The van der Waals surface area contributed by atoms with Gasteiger partial charge in [0.2, 0.25) is 0 Å². The van der Waals surface area contributed by atoms with Crippen molar-refractivity contribution in [3.05, 3.63) is 12.2 Å². The second-order valence-electron chi connectivity index (χ2n) is 9.00. The number of aliphatic carboxylic acids is 2. The summed E-state index contributed by atoms with van der Waals surface area (Å²) in [6.45, 7) is 4.06. The van der Waals surface area contributed by atoms with Gasteiger partial charge in [-0.1, -0.05) is 109 Å². The second-order valence-corrected chi connectivity index (χ2v) is 9.00. The smallest absolute Gasteiger partial charge is 0.311 e. The third-order valence-corrected chi connectivity index (χ3v) is 7.14. The monoisotopic (exact) mass is 408 g/mol. The summed E-state index contributed by atoms with van der Waals surface area (Å²) >= 11 is 0. The Kier molecular flexibility index (Phi) is 12.3. The zero-order chi connectivity index (χ0) is 21.6. The molecule has 0 fully saturated rings. The zero-order valence-corrected chi connectivity index (χ0v) is 18.9. The van der Waals surface area contributed by atoms with Gasteiger partial charge in [-0.05, 0) is 25.7 Å². The molecule has 0 heterocycles. The molecule has 1 aliphatic carbocycles. The van der Waals surface area contributed by atoms with E-state index in [2.05, 4.69) is 6.92 Å². The van der Waals surface area contributed by atoms with E-state index in [9.17, 15) is 19.8 Å². The van der Waals surface area contributed by atoms with Crippen LogP contribution in [0.5, 0.6) is 0 Å². The first-order chi connectivity index (χ1) is 14.0. The van der Waals surface area contributed by atoms with Crippen LogP contribution in [0.2, 0.25) is 0 Å². The third-order valence-electron chi connectivity index (χ3n) is 7.14. The fraction of sp³-hybridized carbons (Fsp3) is 0.840. The van der Waals surface area contributed by atoms with Gasteiger partial charge in [0.1, 0.15) is 0 Å². The van der Waals surface area contributed by atoms with Gasteiger partial charge in [0.15, 0.2) is 0 Å². The summed E-state index contributed by atoms with van der Waals surface area (Å²) < 4.78 is 0. The lowest BCUT2D eigenvalue weighted by atomic mass is 9.54. The average molecular weight is 409 g/mol. The van der Waals surface area contributed by atoms with Crippen molar-refractivity contribution in [3.63, 3.8) is 0 Å². The number of unbranched alkanes of at least 4 members (excludes halogenated alkanes) is 12. The highest BCUT2D eigenvalue weighted by Gasteiger charge is 2.59. The first-order valence-electron chi connectivity index (χ1n) is 12.1. The average Bonchev–Trinajstić information content (AvgIpc) is 2.71. The summed E-state index contributed by atoms with van der Waals surface area (Å²) in [6.07, 6.45) is 21.4. The molecule has 0 aromatic rings. The van der Waals surface area contributed by atoms with E-state index in [4.69, 9.17) is 0 Å². The van der Waals surface area contributed by atoms with Crippen LogP contribution >= 0.6 is 0 Å². The van der Waals surface area contributed by atoms with Crippen LogP contribution < -0.4 is 0 Å². The molecular formula is C25H44O4. The van der Waals surface area contributed by atoms with E-state index in [1.54, 1.807) is 0 Å². The van der Waals surface area contributed by atoms with E-state index in [0.29, 0.717) is 25.7 Å². The van der Waals surface area contributed by atoms with E-state index in [1.807, 2.05) is 19.1 Å². The number of allylic oxidation sites excluding steroid dienone is 2. The van der Waals surface area contributed by atoms with Crippen molar-refractivity contribution in [3.8, 4) is 0 Å². The number of carboxylic acid groups (broad SMARTS) is 2. The molecule has 2 atom stereocenters. The fourth-order valence-corrected chi connectivity index (χ4v) is 5.07. The lowest BCUT2D eigenvalue weighted by molar-refractivity contribution is -0.176. The molecule has 0 saturated carbocycles. The van der Waals surface area contributed by atoms with E-state index in [0.717, 1.165) is 19.3 Å². The number of hydrogen-bond acceptors (Lipinski definition) is 2. The molecule has 2 N–H and O–H groups in total. The molecule has 29 heavy (non-hydrogen) atoms. The van der Waals surface area contributed by atoms with E-state index >= 15 is 0 Å². The predicted molar refractivity (Wildman–Crippen MR) is 119 cm³/mol. The highest BCUT2D eigenvalue weighted by atomic mass is 16.4. The van der Waals surface area contributed by atoms with Gasteiger partial charge in [-0.3, -0.25) is 9.59 Å². The Morgan fingerprint density at radius 3 is 1.41 bits per heavy atom. The number of carbonyl (C=O) groups is 2. The Morgan fingerprint density at radius 2 is 1.03 bits per heavy atom. The van der Waals surface area contributed by atoms with Crippen molar-refractivity contribution < 1.29 is 19.8 Å². The van der Waals surface area contributed by atoms with Crippen molar-refractivity contribution in [2.45, 2.75) is 123 Å². The number of carboxylic acids is 2. The van der Waals surface area contributed by atoms with E-state index in [-0.39, 0.29) is 0 Å². The summed E-state index contributed by atoms with van der Waals surface area (Å²) in [7, 11) is 0. The standard InChI is InChI=1S/C25H44O4/c1-3-5-6-7-8-9-10-11-12-13-14-15-16-20-25(23(28)29)21-18-17-19-24(25,4-2)22(26)27/h17-18H,3-16,19-21H2,1-2H3,(H,26,27)(H,28,29). The normalized spacial score (nSPS) is 23.9. The molecule has 4 nitrogen and oxygen atoms in total. The highest BCUT2D eigenvalue weighted by Crippen LogP contribution is 2.54. The molecule has 0 aromatic heterocycles. The molecule has 1 rings (SSSR count). The van der Waals surface area contributed by atoms with Crippen molar-refractivity contribution in [2.75, 3.05) is 0 Å². The summed E-state index contributed by atoms with van der Waals surface area (Å²) in [5.74, 6) is -1.90. The molecule has 0 saturated heterocycles. The maximum Gasteiger partial charge on any atom is 0.311 e. The Morgan fingerprint density at radius 1 is 0.655 bits per heavy atom. The molecule has 2 unspecified atom stereocenters. The van der Waals surface area contributed by atoms with Gasteiger partial charge in [0.25, 0.3) is 0 Å².